The lowest BCUT2D eigenvalue weighted by Crippen LogP contribution is -2.42. The van der Waals surface area contributed by atoms with Crippen LogP contribution in [0.5, 0.6) is 5.75 Å². The number of hydrogen-bond acceptors (Lipinski definition) is 4. The van der Waals surface area contributed by atoms with Gasteiger partial charge in [0.2, 0.25) is 15.9 Å². The number of halogens is 3. The fourth-order valence-electron chi connectivity index (χ4n) is 2.69. The lowest BCUT2D eigenvalue weighted by molar-refractivity contribution is -0.274. The number of sulfonamides is 1. The highest BCUT2D eigenvalue weighted by atomic mass is 32.2. The van der Waals surface area contributed by atoms with E-state index in [0.29, 0.717) is 12.8 Å². The van der Waals surface area contributed by atoms with Gasteiger partial charge < -0.3 is 9.64 Å². The predicted molar refractivity (Wildman–Crippen MR) is 83.3 cm³/mol. The molecular formula is C15H19F3N2O4S. The topological polar surface area (TPSA) is 66.9 Å². The lowest BCUT2D eigenvalue weighted by Gasteiger charge is -2.31. The first-order valence-electron chi connectivity index (χ1n) is 7.58. The normalized spacial score (nSPS) is 17.3. The standard InChI is InChI=1S/C15H19F3N2O4S/c1-19(2)14(21)11-6-8-20(9-7-11)25(22,23)13-5-3-4-12(10-13)24-15(16,17)18/h3-5,10-11H,6-9H2,1-2H3. The maximum absolute atomic E-state index is 12.6. The van der Waals surface area contributed by atoms with E-state index < -0.39 is 22.1 Å². The SMILES string of the molecule is CN(C)C(=O)C1CCN(S(=O)(=O)c2cccc(OC(F)(F)F)c2)CC1. The molecule has 0 bridgehead atoms. The van der Waals surface area contributed by atoms with Crippen molar-refractivity contribution in [3.05, 3.63) is 24.3 Å². The zero-order chi connectivity index (χ0) is 18.8. The van der Waals surface area contributed by atoms with E-state index in [0.717, 1.165) is 12.1 Å². The van der Waals surface area contributed by atoms with E-state index in [1.165, 1.54) is 21.3 Å². The summed E-state index contributed by atoms with van der Waals surface area (Å²) in [6.07, 6.45) is -4.16. The van der Waals surface area contributed by atoms with Crippen molar-refractivity contribution < 1.29 is 31.1 Å². The van der Waals surface area contributed by atoms with Gasteiger partial charge in [-0.2, -0.15) is 4.31 Å². The smallest absolute Gasteiger partial charge is 0.406 e. The average molecular weight is 380 g/mol. The van der Waals surface area contributed by atoms with Crippen LogP contribution in [-0.4, -0.2) is 57.1 Å². The van der Waals surface area contributed by atoms with Crippen molar-refractivity contribution in [3.8, 4) is 5.75 Å². The Bertz CT molecular complexity index is 727. The highest BCUT2D eigenvalue weighted by Crippen LogP contribution is 2.28. The Morgan fingerprint density at radius 3 is 2.36 bits per heavy atom. The Labute approximate surface area is 144 Å². The fourth-order valence-corrected chi connectivity index (χ4v) is 4.19. The third kappa shape index (κ3) is 4.85. The molecule has 0 spiro atoms. The molecule has 0 atom stereocenters. The van der Waals surface area contributed by atoms with Gasteiger partial charge in [0.1, 0.15) is 5.75 Å². The Balaban J connectivity index is 2.12. The molecule has 2 rings (SSSR count). The van der Waals surface area contributed by atoms with Crippen molar-refractivity contribution in [1.29, 1.82) is 0 Å². The largest absolute Gasteiger partial charge is 0.573 e. The molecule has 0 unspecified atom stereocenters. The van der Waals surface area contributed by atoms with Gasteiger partial charge >= 0.3 is 6.36 Å². The minimum absolute atomic E-state index is 0.0578. The molecule has 0 radical (unpaired) electrons. The minimum Gasteiger partial charge on any atom is -0.406 e. The van der Waals surface area contributed by atoms with Gasteiger partial charge in [0.05, 0.1) is 4.90 Å². The van der Waals surface area contributed by atoms with E-state index in [1.54, 1.807) is 14.1 Å². The first-order chi connectivity index (χ1) is 11.5. The molecule has 1 saturated heterocycles. The summed E-state index contributed by atoms with van der Waals surface area (Å²) in [5, 5.41) is 0. The summed E-state index contributed by atoms with van der Waals surface area (Å²) in [7, 11) is -0.675. The number of rotatable bonds is 4. The molecule has 1 heterocycles. The molecule has 6 nitrogen and oxygen atoms in total. The molecule has 1 aromatic rings. The molecule has 0 N–H and O–H groups in total. The minimum atomic E-state index is -4.90. The van der Waals surface area contributed by atoms with Gasteiger partial charge in [-0.25, -0.2) is 8.42 Å². The molecule has 1 aromatic carbocycles. The zero-order valence-electron chi connectivity index (χ0n) is 13.8. The summed E-state index contributed by atoms with van der Waals surface area (Å²) in [6.45, 7) is 0.272. The molecule has 0 aliphatic carbocycles. The van der Waals surface area contributed by atoms with Crippen LogP contribution in [0.25, 0.3) is 0 Å². The zero-order valence-corrected chi connectivity index (χ0v) is 14.6. The summed E-state index contributed by atoms with van der Waals surface area (Å²) in [6, 6.07) is 4.29. The van der Waals surface area contributed by atoms with Crippen molar-refractivity contribution >= 4 is 15.9 Å². The van der Waals surface area contributed by atoms with Gasteiger partial charge in [-0.15, -0.1) is 13.2 Å². The van der Waals surface area contributed by atoms with Crippen LogP contribution in [0, 0.1) is 5.92 Å². The van der Waals surface area contributed by atoms with Crippen LogP contribution >= 0.6 is 0 Å². The van der Waals surface area contributed by atoms with E-state index in [2.05, 4.69) is 4.74 Å². The van der Waals surface area contributed by atoms with Gasteiger partial charge in [0, 0.05) is 39.2 Å². The monoisotopic (exact) mass is 380 g/mol. The molecule has 1 aliphatic rings. The van der Waals surface area contributed by atoms with Crippen LogP contribution in [0.4, 0.5) is 13.2 Å². The molecule has 140 valence electrons. The van der Waals surface area contributed by atoms with Crippen LogP contribution in [0.15, 0.2) is 29.2 Å². The van der Waals surface area contributed by atoms with Gasteiger partial charge in [-0.05, 0) is 25.0 Å². The second kappa shape index (κ2) is 7.20. The molecule has 1 fully saturated rings. The summed E-state index contributed by atoms with van der Waals surface area (Å²) in [5.41, 5.74) is 0. The number of nitrogens with zero attached hydrogens (tertiary/aromatic N) is 2. The lowest BCUT2D eigenvalue weighted by atomic mass is 9.97. The van der Waals surface area contributed by atoms with Crippen LogP contribution in [0.1, 0.15) is 12.8 Å². The molecular weight excluding hydrogens is 361 g/mol. The molecule has 1 amide bonds. The van der Waals surface area contributed by atoms with Gasteiger partial charge in [-0.1, -0.05) is 6.07 Å². The summed E-state index contributed by atoms with van der Waals surface area (Å²) >= 11 is 0. The third-order valence-electron chi connectivity index (χ3n) is 3.92. The van der Waals surface area contributed by atoms with Gasteiger partial charge in [0.15, 0.2) is 0 Å². The van der Waals surface area contributed by atoms with Crippen molar-refractivity contribution in [3.63, 3.8) is 0 Å². The molecule has 10 heteroatoms. The van der Waals surface area contributed by atoms with E-state index in [-0.39, 0.29) is 29.8 Å². The van der Waals surface area contributed by atoms with Gasteiger partial charge in [0.25, 0.3) is 0 Å². The second-order valence-electron chi connectivity index (χ2n) is 5.93. The Morgan fingerprint density at radius 1 is 1.24 bits per heavy atom. The second-order valence-corrected chi connectivity index (χ2v) is 7.87. The van der Waals surface area contributed by atoms with Crippen molar-refractivity contribution in [2.75, 3.05) is 27.2 Å². The summed E-state index contributed by atoms with van der Waals surface area (Å²) in [4.78, 5) is 13.1. The van der Waals surface area contributed by atoms with Crippen LogP contribution in [0.2, 0.25) is 0 Å². The first kappa shape index (κ1) is 19.5. The van der Waals surface area contributed by atoms with E-state index in [9.17, 15) is 26.4 Å². The van der Waals surface area contributed by atoms with Crippen molar-refractivity contribution in [2.24, 2.45) is 5.92 Å². The van der Waals surface area contributed by atoms with Crippen LogP contribution in [-0.2, 0) is 14.8 Å². The maximum Gasteiger partial charge on any atom is 0.573 e. The maximum atomic E-state index is 12.6. The van der Waals surface area contributed by atoms with E-state index >= 15 is 0 Å². The molecule has 25 heavy (non-hydrogen) atoms. The Morgan fingerprint density at radius 2 is 1.84 bits per heavy atom. The quantitative estimate of drug-likeness (QED) is 0.802. The number of amides is 1. The number of hydrogen-bond donors (Lipinski definition) is 0. The number of piperidine rings is 1. The summed E-state index contributed by atoms with van der Waals surface area (Å²) in [5.74, 6) is -0.898. The molecule has 0 aromatic heterocycles. The van der Waals surface area contributed by atoms with Crippen LogP contribution < -0.4 is 4.74 Å². The Hall–Kier alpha value is -1.81. The number of benzene rings is 1. The average Bonchev–Trinajstić information content (AvgIpc) is 2.53. The summed E-state index contributed by atoms with van der Waals surface area (Å²) < 4.78 is 67.0. The number of carbonyl (C=O) groups excluding carboxylic acids is 1. The van der Waals surface area contributed by atoms with Crippen molar-refractivity contribution in [1.82, 2.24) is 9.21 Å². The number of carbonyl (C=O) groups is 1. The highest BCUT2D eigenvalue weighted by Gasteiger charge is 2.34. The van der Waals surface area contributed by atoms with E-state index in [4.69, 9.17) is 0 Å². The van der Waals surface area contributed by atoms with Gasteiger partial charge in [-0.3, -0.25) is 4.79 Å². The molecule has 0 saturated carbocycles. The number of alkyl halides is 3. The molecule has 1 aliphatic heterocycles. The third-order valence-corrected chi connectivity index (χ3v) is 5.82. The van der Waals surface area contributed by atoms with Crippen LogP contribution in [0.3, 0.4) is 0 Å². The first-order valence-corrected chi connectivity index (χ1v) is 9.02. The Kier molecular flexibility index (Phi) is 5.62. The van der Waals surface area contributed by atoms with Crippen molar-refractivity contribution in [2.45, 2.75) is 24.1 Å². The van der Waals surface area contributed by atoms with E-state index in [1.807, 2.05) is 0 Å². The number of ether oxygens (including phenoxy) is 1. The predicted octanol–water partition coefficient (Wildman–Crippen LogP) is 2.07. The fraction of sp³-hybridized carbons (Fsp3) is 0.533. The highest BCUT2D eigenvalue weighted by molar-refractivity contribution is 7.89.